The molecule has 4 heteroatoms. The van der Waals surface area contributed by atoms with Crippen molar-refractivity contribution in [1.82, 2.24) is 4.90 Å². The zero-order valence-corrected chi connectivity index (χ0v) is 14.4. The molecule has 2 unspecified atom stereocenters. The normalized spacial score (nSPS) is 22.0. The topological polar surface area (TPSA) is 57.6 Å². The quantitative estimate of drug-likeness (QED) is 0.865. The van der Waals surface area contributed by atoms with Crippen LogP contribution in [0.4, 0.5) is 0 Å². The molecule has 122 valence electrons. The van der Waals surface area contributed by atoms with Crippen molar-refractivity contribution in [1.29, 1.82) is 0 Å². The van der Waals surface area contributed by atoms with Crippen molar-refractivity contribution in [2.45, 2.75) is 60.8 Å². The molecule has 1 aliphatic rings. The van der Waals surface area contributed by atoms with Crippen LogP contribution in [-0.2, 0) is 9.59 Å². The number of rotatable bonds is 4. The fourth-order valence-corrected chi connectivity index (χ4v) is 2.66. The van der Waals surface area contributed by atoms with E-state index in [4.69, 9.17) is 0 Å². The first-order valence-electron chi connectivity index (χ1n) is 7.97. The predicted molar refractivity (Wildman–Crippen MR) is 84.0 cm³/mol. The number of carbonyl (C=O) groups is 2. The highest BCUT2D eigenvalue weighted by Gasteiger charge is 2.40. The van der Waals surface area contributed by atoms with Crippen molar-refractivity contribution >= 4 is 11.9 Å². The first-order chi connectivity index (χ1) is 9.46. The van der Waals surface area contributed by atoms with Gasteiger partial charge in [0.2, 0.25) is 5.91 Å². The van der Waals surface area contributed by atoms with Crippen LogP contribution >= 0.6 is 0 Å². The Morgan fingerprint density at radius 2 is 1.81 bits per heavy atom. The molecule has 2 atom stereocenters. The lowest BCUT2D eigenvalue weighted by Crippen LogP contribution is -2.47. The van der Waals surface area contributed by atoms with Gasteiger partial charge in [-0.2, -0.15) is 0 Å². The number of likely N-dealkylation sites (tertiary alicyclic amines) is 1. The summed E-state index contributed by atoms with van der Waals surface area (Å²) in [6.07, 6.45) is 2.33. The summed E-state index contributed by atoms with van der Waals surface area (Å²) >= 11 is 0. The molecule has 1 heterocycles. The SMILES string of the molecule is CC(CC(=O)N1CCCC(C(C)(C)C(=O)O)C1)C(C)(C)C. The Kier molecular flexibility index (Phi) is 5.46. The van der Waals surface area contributed by atoms with Gasteiger partial charge in [-0.15, -0.1) is 0 Å². The molecule has 0 spiro atoms. The van der Waals surface area contributed by atoms with Crippen LogP contribution in [0.2, 0.25) is 0 Å². The minimum absolute atomic E-state index is 0.0395. The molecule has 1 N–H and O–H groups in total. The van der Waals surface area contributed by atoms with E-state index in [1.807, 2.05) is 4.90 Å². The zero-order chi connectivity index (χ0) is 16.4. The fraction of sp³-hybridized carbons (Fsp3) is 0.882. The largest absolute Gasteiger partial charge is 0.481 e. The Morgan fingerprint density at radius 1 is 1.24 bits per heavy atom. The molecule has 0 aliphatic carbocycles. The molecule has 0 bridgehead atoms. The second kappa shape index (κ2) is 6.37. The zero-order valence-electron chi connectivity index (χ0n) is 14.4. The molecule has 4 nitrogen and oxygen atoms in total. The minimum atomic E-state index is -0.773. The molecule has 1 fully saturated rings. The van der Waals surface area contributed by atoms with Gasteiger partial charge in [0, 0.05) is 19.5 Å². The Morgan fingerprint density at radius 3 is 2.29 bits per heavy atom. The maximum Gasteiger partial charge on any atom is 0.309 e. The van der Waals surface area contributed by atoms with Crippen molar-refractivity contribution in [3.8, 4) is 0 Å². The van der Waals surface area contributed by atoms with E-state index in [1.165, 1.54) is 0 Å². The maximum atomic E-state index is 12.5. The Bertz CT molecular complexity index is 395. The summed E-state index contributed by atoms with van der Waals surface area (Å²) in [6.45, 7) is 13.4. The van der Waals surface area contributed by atoms with Gasteiger partial charge in [0.1, 0.15) is 0 Å². The molecule has 0 saturated carbocycles. The summed E-state index contributed by atoms with van der Waals surface area (Å²) in [5, 5.41) is 9.37. The first kappa shape index (κ1) is 18.0. The third-order valence-electron chi connectivity index (χ3n) is 5.31. The highest BCUT2D eigenvalue weighted by Crippen LogP contribution is 2.35. The Balaban J connectivity index is 2.69. The Labute approximate surface area is 128 Å². The van der Waals surface area contributed by atoms with E-state index >= 15 is 0 Å². The number of piperidine rings is 1. The highest BCUT2D eigenvalue weighted by molar-refractivity contribution is 5.77. The van der Waals surface area contributed by atoms with Crippen molar-refractivity contribution in [3.63, 3.8) is 0 Å². The van der Waals surface area contributed by atoms with Crippen LogP contribution in [0.3, 0.4) is 0 Å². The maximum absolute atomic E-state index is 12.5. The van der Waals surface area contributed by atoms with Crippen molar-refractivity contribution in [3.05, 3.63) is 0 Å². The van der Waals surface area contributed by atoms with Crippen LogP contribution < -0.4 is 0 Å². The molecule has 0 aromatic heterocycles. The van der Waals surface area contributed by atoms with E-state index in [2.05, 4.69) is 27.7 Å². The van der Waals surface area contributed by atoms with Crippen LogP contribution in [0.15, 0.2) is 0 Å². The van der Waals surface area contributed by atoms with Crippen molar-refractivity contribution < 1.29 is 14.7 Å². The lowest BCUT2D eigenvalue weighted by atomic mass is 9.74. The van der Waals surface area contributed by atoms with Crippen molar-refractivity contribution in [2.75, 3.05) is 13.1 Å². The minimum Gasteiger partial charge on any atom is -0.481 e. The van der Waals surface area contributed by atoms with Gasteiger partial charge in [-0.1, -0.05) is 27.7 Å². The average Bonchev–Trinajstić information content (AvgIpc) is 2.37. The number of carbonyl (C=O) groups excluding carboxylic acids is 1. The van der Waals surface area contributed by atoms with E-state index < -0.39 is 11.4 Å². The number of hydrogen-bond donors (Lipinski definition) is 1. The molecule has 0 radical (unpaired) electrons. The molecular weight excluding hydrogens is 266 g/mol. The summed E-state index contributed by atoms with van der Waals surface area (Å²) < 4.78 is 0. The second-order valence-electron chi connectivity index (χ2n) is 8.18. The van der Waals surface area contributed by atoms with E-state index in [1.54, 1.807) is 13.8 Å². The van der Waals surface area contributed by atoms with Gasteiger partial charge in [0.05, 0.1) is 5.41 Å². The first-order valence-corrected chi connectivity index (χ1v) is 7.97. The van der Waals surface area contributed by atoms with Crippen LogP contribution in [0.25, 0.3) is 0 Å². The van der Waals surface area contributed by atoms with Crippen LogP contribution in [0, 0.1) is 22.7 Å². The van der Waals surface area contributed by atoms with E-state index in [9.17, 15) is 14.7 Å². The number of nitrogens with zero attached hydrogens (tertiary/aromatic N) is 1. The lowest BCUT2D eigenvalue weighted by Gasteiger charge is -2.40. The van der Waals surface area contributed by atoms with Crippen molar-refractivity contribution in [2.24, 2.45) is 22.7 Å². The van der Waals surface area contributed by atoms with E-state index in [-0.39, 0.29) is 17.2 Å². The summed E-state index contributed by atoms with van der Waals surface area (Å²) in [5.41, 5.74) is -0.653. The number of hydrogen-bond acceptors (Lipinski definition) is 2. The van der Waals surface area contributed by atoms with E-state index in [0.29, 0.717) is 18.9 Å². The molecule has 1 saturated heterocycles. The van der Waals surface area contributed by atoms with Gasteiger partial charge in [-0.3, -0.25) is 9.59 Å². The number of amides is 1. The monoisotopic (exact) mass is 297 g/mol. The van der Waals surface area contributed by atoms with E-state index in [0.717, 1.165) is 19.4 Å². The highest BCUT2D eigenvalue weighted by atomic mass is 16.4. The second-order valence-corrected chi connectivity index (χ2v) is 8.18. The van der Waals surface area contributed by atoms with Crippen LogP contribution in [-0.4, -0.2) is 35.0 Å². The van der Waals surface area contributed by atoms with Gasteiger partial charge in [0.25, 0.3) is 0 Å². The lowest BCUT2D eigenvalue weighted by molar-refractivity contribution is -0.153. The van der Waals surface area contributed by atoms with Crippen LogP contribution in [0.1, 0.15) is 60.8 Å². The average molecular weight is 297 g/mol. The molecule has 0 aromatic carbocycles. The number of aliphatic carboxylic acids is 1. The number of carboxylic acids is 1. The van der Waals surface area contributed by atoms with Gasteiger partial charge in [-0.25, -0.2) is 0 Å². The summed E-state index contributed by atoms with van der Waals surface area (Å²) in [7, 11) is 0. The van der Waals surface area contributed by atoms with Gasteiger partial charge in [-0.05, 0) is 43.9 Å². The summed E-state index contributed by atoms with van der Waals surface area (Å²) in [6, 6.07) is 0. The molecule has 21 heavy (non-hydrogen) atoms. The molecule has 0 aromatic rings. The molecule has 1 rings (SSSR count). The predicted octanol–water partition coefficient (Wildman–Crippen LogP) is 3.41. The van der Waals surface area contributed by atoms with Gasteiger partial charge < -0.3 is 10.0 Å². The smallest absolute Gasteiger partial charge is 0.309 e. The van der Waals surface area contributed by atoms with Gasteiger partial charge in [0.15, 0.2) is 0 Å². The third kappa shape index (κ3) is 4.45. The third-order valence-corrected chi connectivity index (χ3v) is 5.31. The Hall–Kier alpha value is -1.06. The number of carboxylic acid groups (broad SMARTS) is 1. The van der Waals surface area contributed by atoms with Crippen LogP contribution in [0.5, 0.6) is 0 Å². The fourth-order valence-electron chi connectivity index (χ4n) is 2.66. The molecular formula is C17H31NO3. The standard InChI is InChI=1S/C17H31NO3/c1-12(16(2,3)4)10-14(19)18-9-7-8-13(11-18)17(5,6)15(20)21/h12-13H,7-11H2,1-6H3,(H,20,21). The molecule has 1 aliphatic heterocycles. The summed E-state index contributed by atoms with van der Waals surface area (Å²) in [4.78, 5) is 25.8. The summed E-state index contributed by atoms with van der Waals surface area (Å²) in [5.74, 6) is -0.247. The van der Waals surface area contributed by atoms with Gasteiger partial charge >= 0.3 is 5.97 Å². The molecule has 1 amide bonds.